The molecule has 0 aliphatic heterocycles. The van der Waals surface area contributed by atoms with Crippen molar-refractivity contribution in [3.05, 3.63) is 58.3 Å². The zero-order valence-electron chi connectivity index (χ0n) is 10.1. The molecule has 0 saturated heterocycles. The number of rotatable bonds is 3. The van der Waals surface area contributed by atoms with Crippen molar-refractivity contribution < 1.29 is 13.9 Å². The van der Waals surface area contributed by atoms with Crippen LogP contribution in [0.4, 0.5) is 10.1 Å². The van der Waals surface area contributed by atoms with Gasteiger partial charge in [-0.3, -0.25) is 4.79 Å². The molecule has 0 aromatic heterocycles. The molecule has 0 unspecified atom stereocenters. The molecule has 0 bridgehead atoms. The zero-order valence-corrected chi connectivity index (χ0v) is 11.7. The second kappa shape index (κ2) is 5.84. The van der Waals surface area contributed by atoms with Gasteiger partial charge in [0.15, 0.2) is 0 Å². The Balaban J connectivity index is 2.28. The van der Waals surface area contributed by atoms with Gasteiger partial charge in [-0.15, -0.1) is 0 Å². The summed E-state index contributed by atoms with van der Waals surface area (Å²) in [5.74, 6) is -0.341. The number of nitrogens with one attached hydrogen (secondary N) is 1. The van der Waals surface area contributed by atoms with Crippen LogP contribution in [0.3, 0.4) is 0 Å². The second-order valence-electron chi connectivity index (χ2n) is 3.76. The van der Waals surface area contributed by atoms with Gasteiger partial charge in [-0.1, -0.05) is 18.2 Å². The van der Waals surface area contributed by atoms with Crippen LogP contribution in [-0.4, -0.2) is 13.0 Å². The highest BCUT2D eigenvalue weighted by Gasteiger charge is 2.14. The summed E-state index contributed by atoms with van der Waals surface area (Å²) >= 11 is 3.06. The van der Waals surface area contributed by atoms with E-state index in [1.54, 1.807) is 24.3 Å². The zero-order chi connectivity index (χ0) is 13.8. The average Bonchev–Trinajstić information content (AvgIpc) is 2.42. The first kappa shape index (κ1) is 13.5. The number of hydrogen-bond donors (Lipinski definition) is 1. The third kappa shape index (κ3) is 2.93. The maximum absolute atomic E-state index is 13.4. The van der Waals surface area contributed by atoms with Crippen LogP contribution in [0.1, 0.15) is 10.4 Å². The number of anilines is 1. The van der Waals surface area contributed by atoms with Crippen molar-refractivity contribution in [1.29, 1.82) is 0 Å². The van der Waals surface area contributed by atoms with E-state index in [2.05, 4.69) is 21.2 Å². The van der Waals surface area contributed by atoms with Crippen molar-refractivity contribution in [3.63, 3.8) is 0 Å². The smallest absolute Gasteiger partial charge is 0.257 e. The molecule has 1 N–H and O–H groups in total. The predicted molar refractivity (Wildman–Crippen MR) is 75.0 cm³/mol. The summed E-state index contributed by atoms with van der Waals surface area (Å²) in [5, 5.41) is 2.69. The molecule has 0 saturated carbocycles. The van der Waals surface area contributed by atoms with Gasteiger partial charge in [0, 0.05) is 0 Å². The number of amides is 1. The first-order valence-corrected chi connectivity index (χ1v) is 6.31. The minimum atomic E-state index is -0.479. The monoisotopic (exact) mass is 323 g/mol. The van der Waals surface area contributed by atoms with Crippen molar-refractivity contribution in [2.45, 2.75) is 0 Å². The maximum atomic E-state index is 13.4. The molecule has 0 radical (unpaired) electrons. The van der Waals surface area contributed by atoms with Gasteiger partial charge in [0.05, 0.1) is 22.8 Å². The SMILES string of the molecule is COc1ccccc1NC(=O)c1cccc(F)c1Br. The normalized spacial score (nSPS) is 10.1. The van der Waals surface area contributed by atoms with E-state index >= 15 is 0 Å². The van der Waals surface area contributed by atoms with E-state index < -0.39 is 11.7 Å². The minimum Gasteiger partial charge on any atom is -0.495 e. The largest absolute Gasteiger partial charge is 0.495 e. The van der Waals surface area contributed by atoms with Gasteiger partial charge in [-0.2, -0.15) is 0 Å². The molecule has 0 spiro atoms. The fourth-order valence-corrected chi connectivity index (χ4v) is 2.06. The minimum absolute atomic E-state index is 0.141. The molecule has 19 heavy (non-hydrogen) atoms. The molecular weight excluding hydrogens is 313 g/mol. The molecule has 0 aliphatic carbocycles. The lowest BCUT2D eigenvalue weighted by molar-refractivity contribution is 0.102. The van der Waals surface area contributed by atoms with Gasteiger partial charge in [-0.05, 0) is 40.2 Å². The number of benzene rings is 2. The predicted octanol–water partition coefficient (Wildman–Crippen LogP) is 3.85. The first-order chi connectivity index (χ1) is 9.13. The lowest BCUT2D eigenvalue weighted by Crippen LogP contribution is -2.13. The van der Waals surface area contributed by atoms with Gasteiger partial charge >= 0.3 is 0 Å². The quantitative estimate of drug-likeness (QED) is 0.931. The third-order valence-electron chi connectivity index (χ3n) is 2.55. The Bertz CT molecular complexity index is 616. The van der Waals surface area contributed by atoms with Gasteiger partial charge in [0.1, 0.15) is 11.6 Å². The summed E-state index contributed by atoms with van der Waals surface area (Å²) in [6, 6.07) is 11.3. The summed E-state index contributed by atoms with van der Waals surface area (Å²) in [4.78, 5) is 12.1. The van der Waals surface area contributed by atoms with E-state index in [9.17, 15) is 9.18 Å². The van der Waals surface area contributed by atoms with Crippen molar-refractivity contribution in [2.75, 3.05) is 12.4 Å². The highest BCUT2D eigenvalue weighted by Crippen LogP contribution is 2.26. The van der Waals surface area contributed by atoms with Crippen LogP contribution >= 0.6 is 15.9 Å². The van der Waals surface area contributed by atoms with Crippen molar-refractivity contribution in [3.8, 4) is 5.75 Å². The molecule has 2 aromatic carbocycles. The molecule has 0 heterocycles. The van der Waals surface area contributed by atoms with E-state index in [4.69, 9.17) is 4.74 Å². The fraction of sp³-hybridized carbons (Fsp3) is 0.0714. The Kier molecular flexibility index (Phi) is 4.16. The van der Waals surface area contributed by atoms with Crippen LogP contribution in [0.15, 0.2) is 46.9 Å². The number of ether oxygens (including phenoxy) is 1. The summed E-state index contributed by atoms with van der Waals surface area (Å²) < 4.78 is 18.6. The van der Waals surface area contributed by atoms with Gasteiger partial charge in [0.2, 0.25) is 0 Å². The average molecular weight is 324 g/mol. The molecule has 2 aromatic rings. The van der Waals surface area contributed by atoms with Crippen molar-refractivity contribution in [2.24, 2.45) is 0 Å². The van der Waals surface area contributed by atoms with Crippen LogP contribution in [0.2, 0.25) is 0 Å². The van der Waals surface area contributed by atoms with Gasteiger partial charge in [-0.25, -0.2) is 4.39 Å². The lowest BCUT2D eigenvalue weighted by Gasteiger charge is -2.10. The van der Waals surface area contributed by atoms with Crippen LogP contribution < -0.4 is 10.1 Å². The van der Waals surface area contributed by atoms with E-state index in [1.807, 2.05) is 0 Å². The molecule has 2 rings (SSSR count). The number of para-hydroxylation sites is 2. The summed E-state index contributed by atoms with van der Waals surface area (Å²) in [6.45, 7) is 0. The first-order valence-electron chi connectivity index (χ1n) is 5.52. The maximum Gasteiger partial charge on any atom is 0.257 e. The summed E-state index contributed by atoms with van der Waals surface area (Å²) in [6.07, 6.45) is 0. The fourth-order valence-electron chi connectivity index (χ4n) is 1.62. The molecule has 0 aliphatic rings. The second-order valence-corrected chi connectivity index (χ2v) is 4.55. The van der Waals surface area contributed by atoms with Crippen molar-refractivity contribution in [1.82, 2.24) is 0 Å². The standard InChI is InChI=1S/C14H11BrFNO2/c1-19-12-8-3-2-7-11(12)17-14(18)9-5-4-6-10(16)13(9)15/h2-8H,1H3,(H,17,18). The summed E-state index contributed by atoms with van der Waals surface area (Å²) in [7, 11) is 1.52. The number of carbonyl (C=O) groups excluding carboxylic acids is 1. The lowest BCUT2D eigenvalue weighted by atomic mass is 10.2. The van der Waals surface area contributed by atoms with Crippen LogP contribution in [-0.2, 0) is 0 Å². The van der Waals surface area contributed by atoms with Gasteiger partial charge in [0.25, 0.3) is 5.91 Å². The Morgan fingerprint density at radius 3 is 2.68 bits per heavy atom. The Hall–Kier alpha value is -1.88. The number of halogens is 2. The molecular formula is C14H11BrFNO2. The van der Waals surface area contributed by atoms with Crippen LogP contribution in [0.5, 0.6) is 5.75 Å². The third-order valence-corrected chi connectivity index (χ3v) is 3.36. The molecule has 5 heteroatoms. The van der Waals surface area contributed by atoms with Crippen molar-refractivity contribution >= 4 is 27.5 Å². The van der Waals surface area contributed by atoms with E-state index in [-0.39, 0.29) is 10.0 Å². The molecule has 98 valence electrons. The van der Waals surface area contributed by atoms with E-state index in [0.29, 0.717) is 11.4 Å². The van der Waals surface area contributed by atoms with E-state index in [1.165, 1.54) is 25.3 Å². The molecule has 3 nitrogen and oxygen atoms in total. The molecule has 0 fully saturated rings. The summed E-state index contributed by atoms with van der Waals surface area (Å²) in [5.41, 5.74) is 0.761. The number of methoxy groups -OCH3 is 1. The molecule has 0 atom stereocenters. The topological polar surface area (TPSA) is 38.3 Å². The van der Waals surface area contributed by atoms with E-state index in [0.717, 1.165) is 0 Å². The molecule has 1 amide bonds. The number of carbonyl (C=O) groups is 1. The van der Waals surface area contributed by atoms with Gasteiger partial charge < -0.3 is 10.1 Å². The Labute approximate surface area is 118 Å². The van der Waals surface area contributed by atoms with Crippen LogP contribution in [0.25, 0.3) is 0 Å². The number of hydrogen-bond acceptors (Lipinski definition) is 2. The Morgan fingerprint density at radius 1 is 1.21 bits per heavy atom. The highest BCUT2D eigenvalue weighted by atomic mass is 79.9. The van der Waals surface area contributed by atoms with Crippen LogP contribution in [0, 0.1) is 5.82 Å². The Morgan fingerprint density at radius 2 is 1.95 bits per heavy atom. The highest BCUT2D eigenvalue weighted by molar-refractivity contribution is 9.10.